The van der Waals surface area contributed by atoms with Crippen LogP contribution in [0.5, 0.6) is 17.2 Å². The number of amides is 1. The minimum Gasteiger partial charge on any atom is -0.507 e. The molecular weight excluding hydrogens is 338 g/mol. The van der Waals surface area contributed by atoms with Gasteiger partial charge in [0.25, 0.3) is 5.91 Å². The van der Waals surface area contributed by atoms with Crippen molar-refractivity contribution >= 4 is 22.4 Å². The van der Waals surface area contributed by atoms with Crippen LogP contribution in [0.25, 0.3) is 10.8 Å². The molecule has 0 aliphatic heterocycles. The SMILES string of the molecule is O=C(Nc1ccc(Oc2ccccc2)cc1)c1cc2ccccc2cc1O. The van der Waals surface area contributed by atoms with Gasteiger partial charge in [-0.2, -0.15) is 0 Å². The molecule has 4 heteroatoms. The fraction of sp³-hybridized carbons (Fsp3) is 0. The molecule has 132 valence electrons. The van der Waals surface area contributed by atoms with Crippen molar-refractivity contribution in [3.63, 3.8) is 0 Å². The van der Waals surface area contributed by atoms with Crippen LogP contribution < -0.4 is 10.1 Å². The topological polar surface area (TPSA) is 58.6 Å². The van der Waals surface area contributed by atoms with Crippen LogP contribution in [0.4, 0.5) is 5.69 Å². The molecule has 0 fully saturated rings. The lowest BCUT2D eigenvalue weighted by molar-refractivity contribution is 0.102. The van der Waals surface area contributed by atoms with Crippen molar-refractivity contribution in [3.8, 4) is 17.2 Å². The Balaban J connectivity index is 1.50. The summed E-state index contributed by atoms with van der Waals surface area (Å²) in [5.41, 5.74) is 0.853. The molecule has 4 rings (SSSR count). The number of fused-ring (bicyclic) bond motifs is 1. The maximum atomic E-state index is 12.6. The first-order chi connectivity index (χ1) is 13.2. The number of carbonyl (C=O) groups excluding carboxylic acids is 1. The second-order valence-electron chi connectivity index (χ2n) is 6.11. The second kappa shape index (κ2) is 7.22. The lowest BCUT2D eigenvalue weighted by Crippen LogP contribution is -2.12. The van der Waals surface area contributed by atoms with E-state index in [1.54, 1.807) is 36.4 Å². The molecule has 4 aromatic rings. The number of rotatable bonds is 4. The van der Waals surface area contributed by atoms with E-state index in [0.717, 1.165) is 16.5 Å². The normalized spacial score (nSPS) is 10.5. The fourth-order valence-corrected chi connectivity index (χ4v) is 2.84. The van der Waals surface area contributed by atoms with Crippen molar-refractivity contribution in [3.05, 3.63) is 96.6 Å². The van der Waals surface area contributed by atoms with Crippen LogP contribution in [0.3, 0.4) is 0 Å². The number of hydrogen-bond acceptors (Lipinski definition) is 3. The molecule has 4 nitrogen and oxygen atoms in total. The van der Waals surface area contributed by atoms with Gasteiger partial charge in [0, 0.05) is 5.69 Å². The summed E-state index contributed by atoms with van der Waals surface area (Å²) in [6.07, 6.45) is 0. The van der Waals surface area contributed by atoms with Gasteiger partial charge in [0.1, 0.15) is 17.2 Å². The smallest absolute Gasteiger partial charge is 0.259 e. The predicted molar refractivity (Wildman–Crippen MR) is 107 cm³/mol. The molecule has 1 amide bonds. The first kappa shape index (κ1) is 16.7. The first-order valence-corrected chi connectivity index (χ1v) is 8.55. The van der Waals surface area contributed by atoms with Crippen LogP contribution in [0.2, 0.25) is 0 Å². The minimum absolute atomic E-state index is 0.0461. The van der Waals surface area contributed by atoms with Crippen molar-refractivity contribution in [2.75, 3.05) is 5.32 Å². The molecule has 0 spiro atoms. The summed E-state index contributed by atoms with van der Waals surface area (Å²) in [4.78, 5) is 12.6. The average molecular weight is 355 g/mol. The van der Waals surface area contributed by atoms with Gasteiger partial charge in [-0.1, -0.05) is 42.5 Å². The number of aromatic hydroxyl groups is 1. The fourth-order valence-electron chi connectivity index (χ4n) is 2.84. The number of carbonyl (C=O) groups is 1. The van der Waals surface area contributed by atoms with Gasteiger partial charge in [-0.25, -0.2) is 0 Å². The van der Waals surface area contributed by atoms with Gasteiger partial charge in [-0.15, -0.1) is 0 Å². The summed E-state index contributed by atoms with van der Waals surface area (Å²) in [5, 5.41) is 14.8. The van der Waals surface area contributed by atoms with Crippen molar-refractivity contribution in [2.24, 2.45) is 0 Å². The third-order valence-electron chi connectivity index (χ3n) is 4.20. The molecule has 0 unspecified atom stereocenters. The number of para-hydroxylation sites is 1. The van der Waals surface area contributed by atoms with Crippen molar-refractivity contribution in [1.29, 1.82) is 0 Å². The Morgan fingerprint density at radius 1 is 0.741 bits per heavy atom. The standard InChI is InChI=1S/C23H17NO3/c25-22-15-17-7-5-4-6-16(17)14-21(22)23(26)24-18-10-12-20(13-11-18)27-19-8-2-1-3-9-19/h1-15,25H,(H,24,26). The highest BCUT2D eigenvalue weighted by molar-refractivity contribution is 6.08. The highest BCUT2D eigenvalue weighted by atomic mass is 16.5. The van der Waals surface area contributed by atoms with E-state index in [4.69, 9.17) is 4.74 Å². The lowest BCUT2D eigenvalue weighted by atomic mass is 10.1. The van der Waals surface area contributed by atoms with E-state index in [1.165, 1.54) is 0 Å². The van der Waals surface area contributed by atoms with Gasteiger partial charge in [0.2, 0.25) is 0 Å². The molecule has 0 heterocycles. The Labute approximate surface area is 156 Å². The molecule has 0 atom stereocenters. The average Bonchev–Trinajstić information content (AvgIpc) is 2.69. The Bertz CT molecular complexity index is 1090. The molecule has 0 aromatic heterocycles. The number of hydrogen-bond donors (Lipinski definition) is 2. The summed E-state index contributed by atoms with van der Waals surface area (Å²) in [6.45, 7) is 0. The maximum absolute atomic E-state index is 12.6. The molecule has 27 heavy (non-hydrogen) atoms. The minimum atomic E-state index is -0.366. The zero-order chi connectivity index (χ0) is 18.6. The third-order valence-corrected chi connectivity index (χ3v) is 4.20. The Kier molecular flexibility index (Phi) is 4.45. The monoisotopic (exact) mass is 355 g/mol. The highest BCUT2D eigenvalue weighted by Crippen LogP contribution is 2.27. The number of phenols is 1. The molecule has 0 aliphatic carbocycles. The molecule has 0 radical (unpaired) electrons. The number of anilines is 1. The summed E-state index contributed by atoms with van der Waals surface area (Å²) >= 11 is 0. The summed E-state index contributed by atoms with van der Waals surface area (Å²) < 4.78 is 5.74. The summed E-state index contributed by atoms with van der Waals surface area (Å²) in [7, 11) is 0. The van der Waals surface area contributed by atoms with Crippen LogP contribution in [0.1, 0.15) is 10.4 Å². The van der Waals surface area contributed by atoms with Gasteiger partial charge in [-0.3, -0.25) is 4.79 Å². The largest absolute Gasteiger partial charge is 0.507 e. The molecule has 2 N–H and O–H groups in total. The van der Waals surface area contributed by atoms with Crippen LogP contribution >= 0.6 is 0 Å². The Hall–Kier alpha value is -3.79. The predicted octanol–water partition coefficient (Wildman–Crippen LogP) is 5.59. The van der Waals surface area contributed by atoms with Crippen LogP contribution in [0.15, 0.2) is 91.0 Å². The zero-order valence-electron chi connectivity index (χ0n) is 14.4. The van der Waals surface area contributed by atoms with E-state index in [9.17, 15) is 9.90 Å². The number of ether oxygens (including phenoxy) is 1. The van der Waals surface area contributed by atoms with Gasteiger partial charge in [-0.05, 0) is 59.3 Å². The molecule has 4 aromatic carbocycles. The van der Waals surface area contributed by atoms with Gasteiger partial charge in [0.15, 0.2) is 0 Å². The lowest BCUT2D eigenvalue weighted by Gasteiger charge is -2.10. The van der Waals surface area contributed by atoms with E-state index in [2.05, 4.69) is 5.32 Å². The van der Waals surface area contributed by atoms with Gasteiger partial charge in [0.05, 0.1) is 5.56 Å². The summed E-state index contributed by atoms with van der Waals surface area (Å²) in [6, 6.07) is 27.4. The van der Waals surface area contributed by atoms with Crippen molar-refractivity contribution in [1.82, 2.24) is 0 Å². The van der Waals surface area contributed by atoms with E-state index in [-0.39, 0.29) is 17.2 Å². The van der Waals surface area contributed by atoms with Crippen molar-refractivity contribution < 1.29 is 14.6 Å². The zero-order valence-corrected chi connectivity index (χ0v) is 14.4. The molecule has 0 aliphatic rings. The first-order valence-electron chi connectivity index (χ1n) is 8.55. The van der Waals surface area contributed by atoms with Crippen LogP contribution in [0, 0.1) is 0 Å². The second-order valence-corrected chi connectivity index (χ2v) is 6.11. The van der Waals surface area contributed by atoms with E-state index in [0.29, 0.717) is 11.4 Å². The Morgan fingerprint density at radius 2 is 1.33 bits per heavy atom. The maximum Gasteiger partial charge on any atom is 0.259 e. The van der Waals surface area contributed by atoms with Crippen molar-refractivity contribution in [2.45, 2.75) is 0 Å². The Morgan fingerprint density at radius 3 is 2.04 bits per heavy atom. The molecule has 0 saturated heterocycles. The highest BCUT2D eigenvalue weighted by Gasteiger charge is 2.13. The quantitative estimate of drug-likeness (QED) is 0.502. The molecular formula is C23H17NO3. The van der Waals surface area contributed by atoms with E-state index >= 15 is 0 Å². The van der Waals surface area contributed by atoms with Gasteiger partial charge < -0.3 is 15.2 Å². The van der Waals surface area contributed by atoms with Crippen LogP contribution in [-0.2, 0) is 0 Å². The number of phenolic OH excluding ortho intramolecular Hbond substituents is 1. The van der Waals surface area contributed by atoms with E-state index in [1.807, 2.05) is 54.6 Å². The van der Waals surface area contributed by atoms with E-state index < -0.39 is 0 Å². The molecule has 0 bridgehead atoms. The third kappa shape index (κ3) is 3.75. The number of benzene rings is 4. The molecule has 0 saturated carbocycles. The van der Waals surface area contributed by atoms with Crippen LogP contribution in [-0.4, -0.2) is 11.0 Å². The summed E-state index contributed by atoms with van der Waals surface area (Å²) in [5.74, 6) is 1.01. The number of nitrogens with one attached hydrogen (secondary N) is 1. The van der Waals surface area contributed by atoms with Gasteiger partial charge >= 0.3 is 0 Å².